The third-order valence-electron chi connectivity index (χ3n) is 4.67. The molecule has 0 amide bonds. The highest BCUT2D eigenvalue weighted by Crippen LogP contribution is 2.29. The van der Waals surface area contributed by atoms with Crippen molar-refractivity contribution in [3.8, 4) is 17.0 Å². The number of methoxy groups -OCH3 is 1. The van der Waals surface area contributed by atoms with Crippen molar-refractivity contribution in [2.45, 2.75) is 19.6 Å². The van der Waals surface area contributed by atoms with Crippen LogP contribution in [0.15, 0.2) is 60.7 Å². The van der Waals surface area contributed by atoms with Crippen LogP contribution in [0.2, 0.25) is 0 Å². The number of nitrogens with zero attached hydrogens (tertiary/aromatic N) is 1. The Morgan fingerprint density at radius 1 is 1.08 bits per heavy atom. The second-order valence-corrected chi connectivity index (χ2v) is 6.36. The van der Waals surface area contributed by atoms with E-state index in [4.69, 9.17) is 14.5 Å². The van der Waals surface area contributed by atoms with Gasteiger partial charge in [-0.05, 0) is 35.7 Å². The lowest BCUT2D eigenvalue weighted by molar-refractivity contribution is 0.111. The summed E-state index contributed by atoms with van der Waals surface area (Å²) in [6, 6.07) is 20.6. The zero-order valence-corrected chi connectivity index (χ0v) is 14.9. The maximum atomic E-state index is 5.67. The number of anilines is 1. The summed E-state index contributed by atoms with van der Waals surface area (Å²) in [5.74, 6) is 1.78. The summed E-state index contributed by atoms with van der Waals surface area (Å²) in [6.07, 6.45) is 0.925. The fourth-order valence-electron chi connectivity index (χ4n) is 3.20. The molecule has 0 spiro atoms. The second-order valence-electron chi connectivity index (χ2n) is 6.36. The van der Waals surface area contributed by atoms with Crippen LogP contribution >= 0.6 is 0 Å². The summed E-state index contributed by atoms with van der Waals surface area (Å²) in [7, 11) is 1.68. The zero-order valence-electron chi connectivity index (χ0n) is 14.9. The van der Waals surface area contributed by atoms with E-state index in [0.29, 0.717) is 13.2 Å². The van der Waals surface area contributed by atoms with E-state index >= 15 is 0 Å². The molecule has 4 rings (SSSR count). The fraction of sp³-hybridized carbons (Fsp3) is 0.227. The number of nitrogens with one attached hydrogen (secondary N) is 1. The van der Waals surface area contributed by atoms with Gasteiger partial charge in [-0.15, -0.1) is 0 Å². The summed E-state index contributed by atoms with van der Waals surface area (Å²) < 4.78 is 10.9. The van der Waals surface area contributed by atoms with Gasteiger partial charge in [0.15, 0.2) is 0 Å². The second kappa shape index (κ2) is 7.58. The molecule has 0 saturated carbocycles. The third kappa shape index (κ3) is 3.55. The topological polar surface area (TPSA) is 43.4 Å². The first-order valence-electron chi connectivity index (χ1n) is 8.86. The monoisotopic (exact) mass is 346 g/mol. The molecule has 2 aromatic carbocycles. The Kier molecular flexibility index (Phi) is 4.84. The van der Waals surface area contributed by atoms with E-state index in [-0.39, 0.29) is 0 Å². The molecular weight excluding hydrogens is 324 g/mol. The number of aromatic nitrogens is 1. The van der Waals surface area contributed by atoms with Gasteiger partial charge in [-0.3, -0.25) is 0 Å². The van der Waals surface area contributed by atoms with Gasteiger partial charge in [0.25, 0.3) is 0 Å². The summed E-state index contributed by atoms with van der Waals surface area (Å²) >= 11 is 0. The van der Waals surface area contributed by atoms with Crippen LogP contribution in [0, 0.1) is 0 Å². The van der Waals surface area contributed by atoms with Crippen molar-refractivity contribution in [2.75, 3.05) is 19.0 Å². The normalized spacial score (nSPS) is 13.1. The van der Waals surface area contributed by atoms with E-state index in [9.17, 15) is 0 Å². The molecule has 132 valence electrons. The van der Waals surface area contributed by atoms with Crippen LogP contribution in [-0.4, -0.2) is 18.7 Å². The molecule has 0 atom stereocenters. The van der Waals surface area contributed by atoms with Gasteiger partial charge in [0.2, 0.25) is 0 Å². The molecule has 0 radical (unpaired) electrons. The average molecular weight is 346 g/mol. The van der Waals surface area contributed by atoms with Gasteiger partial charge in [0, 0.05) is 17.7 Å². The molecule has 1 aliphatic rings. The molecule has 0 saturated heterocycles. The lowest BCUT2D eigenvalue weighted by atomic mass is 10.0. The molecule has 4 heteroatoms. The van der Waals surface area contributed by atoms with E-state index in [2.05, 4.69) is 35.6 Å². The molecule has 0 aliphatic carbocycles. The van der Waals surface area contributed by atoms with Gasteiger partial charge in [0.05, 0.1) is 26.0 Å². The number of rotatable bonds is 5. The highest BCUT2D eigenvalue weighted by molar-refractivity contribution is 5.65. The van der Waals surface area contributed by atoms with Crippen molar-refractivity contribution in [3.05, 3.63) is 77.4 Å². The first-order chi connectivity index (χ1) is 12.8. The Morgan fingerprint density at radius 2 is 1.88 bits per heavy atom. The van der Waals surface area contributed by atoms with E-state index in [0.717, 1.165) is 35.9 Å². The highest BCUT2D eigenvalue weighted by Gasteiger charge is 2.17. The smallest absolute Gasteiger partial charge is 0.132 e. The van der Waals surface area contributed by atoms with Crippen LogP contribution in [0.25, 0.3) is 11.3 Å². The predicted octanol–water partition coefficient (Wildman–Crippen LogP) is 4.44. The molecule has 0 unspecified atom stereocenters. The van der Waals surface area contributed by atoms with Gasteiger partial charge in [-0.25, -0.2) is 4.98 Å². The predicted molar refractivity (Wildman–Crippen MR) is 103 cm³/mol. The Hall–Kier alpha value is -2.85. The highest BCUT2D eigenvalue weighted by atomic mass is 16.5. The van der Waals surface area contributed by atoms with Crippen molar-refractivity contribution >= 4 is 5.82 Å². The van der Waals surface area contributed by atoms with Gasteiger partial charge in [-0.1, -0.05) is 42.5 Å². The van der Waals surface area contributed by atoms with Crippen LogP contribution in [0.4, 0.5) is 5.82 Å². The first kappa shape index (κ1) is 16.6. The van der Waals surface area contributed by atoms with Crippen LogP contribution in [0.5, 0.6) is 5.75 Å². The quantitative estimate of drug-likeness (QED) is 0.742. The van der Waals surface area contributed by atoms with Gasteiger partial charge in [-0.2, -0.15) is 0 Å². The van der Waals surface area contributed by atoms with Crippen molar-refractivity contribution < 1.29 is 9.47 Å². The van der Waals surface area contributed by atoms with Crippen LogP contribution < -0.4 is 10.1 Å². The summed E-state index contributed by atoms with van der Waals surface area (Å²) in [4.78, 5) is 4.89. The van der Waals surface area contributed by atoms with E-state index in [1.807, 2.05) is 30.3 Å². The van der Waals surface area contributed by atoms with Crippen molar-refractivity contribution in [2.24, 2.45) is 0 Å². The molecule has 0 bridgehead atoms. The average Bonchev–Trinajstić information content (AvgIpc) is 2.73. The molecular formula is C22H22N2O2. The molecule has 1 aromatic heterocycles. The lowest BCUT2D eigenvalue weighted by Crippen LogP contribution is -2.15. The van der Waals surface area contributed by atoms with Gasteiger partial charge >= 0.3 is 0 Å². The Bertz CT molecular complexity index is 877. The first-order valence-corrected chi connectivity index (χ1v) is 8.86. The lowest BCUT2D eigenvalue weighted by Gasteiger charge is -2.21. The Morgan fingerprint density at radius 3 is 2.65 bits per heavy atom. The van der Waals surface area contributed by atoms with Crippen LogP contribution in [-0.2, 0) is 24.3 Å². The standard InChI is InChI=1S/C22H22N2O2/c1-25-19-9-7-16(8-10-19)14-23-22-20-15-26-12-11-18(20)13-21(24-22)17-5-3-2-4-6-17/h2-10,13H,11-12,14-15H2,1H3,(H,23,24). The molecule has 26 heavy (non-hydrogen) atoms. The van der Waals surface area contributed by atoms with E-state index in [1.165, 1.54) is 16.7 Å². The summed E-state index contributed by atoms with van der Waals surface area (Å²) in [5, 5.41) is 3.50. The van der Waals surface area contributed by atoms with E-state index < -0.39 is 0 Å². The number of ether oxygens (including phenoxy) is 2. The van der Waals surface area contributed by atoms with Gasteiger partial charge < -0.3 is 14.8 Å². The maximum Gasteiger partial charge on any atom is 0.132 e. The molecule has 1 N–H and O–H groups in total. The van der Waals surface area contributed by atoms with Crippen LogP contribution in [0.3, 0.4) is 0 Å². The van der Waals surface area contributed by atoms with E-state index in [1.54, 1.807) is 7.11 Å². The number of fused-ring (bicyclic) bond motifs is 1. The maximum absolute atomic E-state index is 5.67. The summed E-state index contributed by atoms with van der Waals surface area (Å²) in [6.45, 7) is 2.09. The third-order valence-corrected chi connectivity index (χ3v) is 4.67. The minimum absolute atomic E-state index is 0.613. The molecule has 2 heterocycles. The minimum atomic E-state index is 0.613. The SMILES string of the molecule is COc1ccc(CNc2nc(-c3ccccc3)cc3c2COCC3)cc1. The number of benzene rings is 2. The van der Waals surface area contributed by atoms with Crippen molar-refractivity contribution in [1.82, 2.24) is 4.98 Å². The largest absolute Gasteiger partial charge is 0.497 e. The Labute approximate surface area is 153 Å². The molecule has 3 aromatic rings. The molecule has 0 fully saturated rings. The fourth-order valence-corrected chi connectivity index (χ4v) is 3.20. The van der Waals surface area contributed by atoms with Crippen LogP contribution in [0.1, 0.15) is 16.7 Å². The number of hydrogen-bond acceptors (Lipinski definition) is 4. The minimum Gasteiger partial charge on any atom is -0.497 e. The molecule has 4 nitrogen and oxygen atoms in total. The van der Waals surface area contributed by atoms with Gasteiger partial charge in [0.1, 0.15) is 11.6 Å². The number of hydrogen-bond donors (Lipinski definition) is 1. The zero-order chi connectivity index (χ0) is 17.8. The van der Waals surface area contributed by atoms with Crippen molar-refractivity contribution in [3.63, 3.8) is 0 Å². The Balaban J connectivity index is 1.63. The van der Waals surface area contributed by atoms with Crippen molar-refractivity contribution in [1.29, 1.82) is 0 Å². The summed E-state index contributed by atoms with van der Waals surface area (Å²) in [5.41, 5.74) is 5.81. The number of pyridine rings is 1. The molecule has 1 aliphatic heterocycles.